The van der Waals surface area contributed by atoms with E-state index in [4.69, 9.17) is 9.47 Å². The first-order valence-corrected chi connectivity index (χ1v) is 6.62. The topological polar surface area (TPSA) is 47.6 Å². The summed E-state index contributed by atoms with van der Waals surface area (Å²) in [6, 6.07) is 8.22. The van der Waals surface area contributed by atoms with Gasteiger partial charge in [-0.3, -0.25) is 4.79 Å². The SMILES string of the molecule is CCOC(=O)CC(C)NCc1ccccc1COC. The Morgan fingerprint density at radius 2 is 2.00 bits per heavy atom. The standard InChI is InChI=1S/C15H23NO3/c1-4-19-15(17)9-12(2)16-10-13-7-5-6-8-14(13)11-18-3/h5-8,12,16H,4,9-11H2,1-3H3. The summed E-state index contributed by atoms with van der Waals surface area (Å²) in [5.41, 5.74) is 2.36. The van der Waals surface area contributed by atoms with Crippen LogP contribution in [0.3, 0.4) is 0 Å². The second-order valence-electron chi connectivity index (χ2n) is 4.49. The van der Waals surface area contributed by atoms with Crippen molar-refractivity contribution in [2.45, 2.75) is 39.5 Å². The van der Waals surface area contributed by atoms with E-state index >= 15 is 0 Å². The second kappa shape index (κ2) is 8.67. The van der Waals surface area contributed by atoms with Gasteiger partial charge in [-0.1, -0.05) is 24.3 Å². The van der Waals surface area contributed by atoms with Crippen molar-refractivity contribution in [3.63, 3.8) is 0 Å². The zero-order valence-electron chi connectivity index (χ0n) is 11.9. The highest BCUT2D eigenvalue weighted by Crippen LogP contribution is 2.10. The molecule has 0 aromatic heterocycles. The van der Waals surface area contributed by atoms with Gasteiger partial charge in [0.05, 0.1) is 19.6 Å². The highest BCUT2D eigenvalue weighted by atomic mass is 16.5. The number of hydrogen-bond acceptors (Lipinski definition) is 4. The fourth-order valence-electron chi connectivity index (χ4n) is 1.85. The Morgan fingerprint density at radius 1 is 1.32 bits per heavy atom. The first-order chi connectivity index (χ1) is 9.17. The van der Waals surface area contributed by atoms with Gasteiger partial charge in [0.2, 0.25) is 0 Å². The predicted octanol–water partition coefficient (Wildman–Crippen LogP) is 2.26. The fraction of sp³-hybridized carbons (Fsp3) is 0.533. The molecule has 4 heteroatoms. The normalized spacial score (nSPS) is 12.2. The third kappa shape index (κ3) is 5.85. The van der Waals surface area contributed by atoms with Crippen LogP contribution in [0.15, 0.2) is 24.3 Å². The van der Waals surface area contributed by atoms with Gasteiger partial charge >= 0.3 is 5.97 Å². The molecule has 106 valence electrons. The van der Waals surface area contributed by atoms with E-state index in [0.717, 1.165) is 6.54 Å². The van der Waals surface area contributed by atoms with Gasteiger partial charge in [0.15, 0.2) is 0 Å². The molecule has 0 saturated heterocycles. The smallest absolute Gasteiger partial charge is 0.307 e. The van der Waals surface area contributed by atoms with Crippen molar-refractivity contribution in [3.05, 3.63) is 35.4 Å². The molecule has 1 atom stereocenters. The van der Waals surface area contributed by atoms with Crippen molar-refractivity contribution >= 4 is 5.97 Å². The highest BCUT2D eigenvalue weighted by Gasteiger charge is 2.10. The maximum absolute atomic E-state index is 11.4. The molecule has 0 radical (unpaired) electrons. The second-order valence-corrected chi connectivity index (χ2v) is 4.49. The molecule has 1 rings (SSSR count). The van der Waals surface area contributed by atoms with Gasteiger partial charge in [0.25, 0.3) is 0 Å². The van der Waals surface area contributed by atoms with Gasteiger partial charge in [-0.05, 0) is 25.0 Å². The summed E-state index contributed by atoms with van der Waals surface area (Å²) in [6.07, 6.45) is 0.389. The van der Waals surface area contributed by atoms with Crippen LogP contribution in [0.2, 0.25) is 0 Å². The average Bonchev–Trinajstić information content (AvgIpc) is 2.38. The lowest BCUT2D eigenvalue weighted by atomic mass is 10.1. The Morgan fingerprint density at radius 3 is 2.63 bits per heavy atom. The Labute approximate surface area is 115 Å². The van der Waals surface area contributed by atoms with E-state index in [1.54, 1.807) is 7.11 Å². The molecule has 1 unspecified atom stereocenters. The summed E-state index contributed by atoms with van der Waals surface area (Å²) in [5, 5.41) is 3.33. The van der Waals surface area contributed by atoms with E-state index in [9.17, 15) is 4.79 Å². The third-order valence-corrected chi connectivity index (χ3v) is 2.84. The van der Waals surface area contributed by atoms with E-state index in [0.29, 0.717) is 19.6 Å². The minimum absolute atomic E-state index is 0.0923. The van der Waals surface area contributed by atoms with Gasteiger partial charge in [0, 0.05) is 19.7 Å². The van der Waals surface area contributed by atoms with Crippen LogP contribution in [-0.2, 0) is 27.4 Å². The first-order valence-electron chi connectivity index (χ1n) is 6.62. The van der Waals surface area contributed by atoms with Crippen molar-refractivity contribution in [2.75, 3.05) is 13.7 Å². The maximum Gasteiger partial charge on any atom is 0.307 e. The summed E-state index contributed by atoms with van der Waals surface area (Å²) in [4.78, 5) is 11.4. The van der Waals surface area contributed by atoms with Crippen LogP contribution in [0.25, 0.3) is 0 Å². The summed E-state index contributed by atoms with van der Waals surface area (Å²) in [7, 11) is 1.69. The fourth-order valence-corrected chi connectivity index (χ4v) is 1.85. The van der Waals surface area contributed by atoms with Gasteiger partial charge in [-0.25, -0.2) is 0 Å². The molecular weight excluding hydrogens is 242 g/mol. The number of methoxy groups -OCH3 is 1. The summed E-state index contributed by atoms with van der Waals surface area (Å²) >= 11 is 0. The van der Waals surface area contributed by atoms with Crippen LogP contribution >= 0.6 is 0 Å². The van der Waals surface area contributed by atoms with Crippen LogP contribution in [0.5, 0.6) is 0 Å². The minimum atomic E-state index is -0.160. The first kappa shape index (κ1) is 15.7. The summed E-state index contributed by atoms with van der Waals surface area (Å²) in [6.45, 7) is 5.55. The lowest BCUT2D eigenvalue weighted by molar-refractivity contribution is -0.143. The Balaban J connectivity index is 2.45. The average molecular weight is 265 g/mol. The van der Waals surface area contributed by atoms with Crippen LogP contribution in [0.1, 0.15) is 31.4 Å². The van der Waals surface area contributed by atoms with Crippen molar-refractivity contribution in [3.8, 4) is 0 Å². The third-order valence-electron chi connectivity index (χ3n) is 2.84. The number of carbonyl (C=O) groups is 1. The molecule has 19 heavy (non-hydrogen) atoms. The number of hydrogen-bond donors (Lipinski definition) is 1. The molecule has 0 fully saturated rings. The summed E-state index contributed by atoms with van der Waals surface area (Å²) < 4.78 is 10.1. The van der Waals surface area contributed by atoms with Crippen LogP contribution in [0, 0.1) is 0 Å². The molecule has 0 amide bonds. The number of nitrogens with one attached hydrogen (secondary N) is 1. The lowest BCUT2D eigenvalue weighted by Gasteiger charge is -2.15. The lowest BCUT2D eigenvalue weighted by Crippen LogP contribution is -2.29. The van der Waals surface area contributed by atoms with Gasteiger partial charge in [0.1, 0.15) is 0 Å². The molecule has 1 N–H and O–H groups in total. The summed E-state index contributed by atoms with van der Waals surface area (Å²) in [5.74, 6) is -0.160. The van der Waals surface area contributed by atoms with E-state index in [1.165, 1.54) is 11.1 Å². The Bertz CT molecular complexity index is 393. The van der Waals surface area contributed by atoms with Crippen molar-refractivity contribution in [1.29, 1.82) is 0 Å². The van der Waals surface area contributed by atoms with Crippen LogP contribution in [-0.4, -0.2) is 25.7 Å². The molecule has 0 spiro atoms. The number of esters is 1. The van der Waals surface area contributed by atoms with Gasteiger partial charge in [-0.2, -0.15) is 0 Å². The molecule has 1 aromatic rings. The zero-order valence-corrected chi connectivity index (χ0v) is 11.9. The number of carbonyl (C=O) groups excluding carboxylic acids is 1. The number of rotatable bonds is 8. The van der Waals surface area contributed by atoms with Crippen LogP contribution < -0.4 is 5.32 Å². The number of ether oxygens (including phenoxy) is 2. The molecular formula is C15H23NO3. The molecule has 0 bridgehead atoms. The number of benzene rings is 1. The van der Waals surface area contributed by atoms with Crippen molar-refractivity contribution in [1.82, 2.24) is 5.32 Å². The van der Waals surface area contributed by atoms with Crippen LogP contribution in [0.4, 0.5) is 0 Å². The molecule has 0 saturated carbocycles. The Kier molecular flexibility index (Phi) is 7.15. The van der Waals surface area contributed by atoms with Crippen molar-refractivity contribution < 1.29 is 14.3 Å². The molecule has 4 nitrogen and oxygen atoms in total. The molecule has 0 heterocycles. The van der Waals surface area contributed by atoms with E-state index in [2.05, 4.69) is 17.4 Å². The van der Waals surface area contributed by atoms with E-state index < -0.39 is 0 Å². The predicted molar refractivity (Wildman–Crippen MR) is 74.7 cm³/mol. The largest absolute Gasteiger partial charge is 0.466 e. The molecule has 0 aliphatic carbocycles. The quantitative estimate of drug-likeness (QED) is 0.732. The molecule has 0 aliphatic heterocycles. The highest BCUT2D eigenvalue weighted by molar-refractivity contribution is 5.70. The monoisotopic (exact) mass is 265 g/mol. The van der Waals surface area contributed by atoms with Crippen molar-refractivity contribution in [2.24, 2.45) is 0 Å². The molecule has 0 aliphatic rings. The van der Waals surface area contributed by atoms with E-state index in [1.807, 2.05) is 26.0 Å². The zero-order chi connectivity index (χ0) is 14.1. The van der Waals surface area contributed by atoms with Gasteiger partial charge < -0.3 is 14.8 Å². The maximum atomic E-state index is 11.4. The van der Waals surface area contributed by atoms with Gasteiger partial charge in [-0.15, -0.1) is 0 Å². The van der Waals surface area contributed by atoms with E-state index in [-0.39, 0.29) is 12.0 Å². The molecule has 1 aromatic carbocycles. The Hall–Kier alpha value is -1.39. The minimum Gasteiger partial charge on any atom is -0.466 e.